The number of hydrogen-bond donors (Lipinski definition) is 0. The molecule has 11 heteroatoms. The molecule has 3 aromatic carbocycles. The van der Waals surface area contributed by atoms with Crippen LogP contribution in [0.3, 0.4) is 0 Å². The molecule has 8 nitrogen and oxygen atoms in total. The van der Waals surface area contributed by atoms with Gasteiger partial charge < -0.3 is 14.2 Å². The largest absolute Gasteiger partial charge is 0.490 e. The van der Waals surface area contributed by atoms with Crippen LogP contribution in [-0.4, -0.2) is 23.4 Å². The quantitative estimate of drug-likeness (QED) is 0.0839. The number of carbonyl (C=O) groups is 1. The minimum absolute atomic E-state index is 0.0210. The summed E-state index contributed by atoms with van der Waals surface area (Å²) in [7, 11) is 0. The third kappa shape index (κ3) is 5.88. The zero-order chi connectivity index (χ0) is 25.8. The maximum Gasteiger partial charge on any atom is 0.363 e. The molecule has 1 heterocycles. The number of carbonyl (C=O) groups excluding carboxylic acids is 1. The van der Waals surface area contributed by atoms with Crippen LogP contribution in [-0.2, 0) is 16.1 Å². The number of rotatable bonds is 8. The van der Waals surface area contributed by atoms with Crippen LogP contribution < -0.4 is 9.47 Å². The van der Waals surface area contributed by atoms with Gasteiger partial charge in [-0.25, -0.2) is 9.79 Å². The fraction of sp³-hybridized carbons (Fsp3) is 0.120. The molecule has 0 N–H and O–H groups in total. The number of nitro benzene ring substituents is 1. The second-order valence-electron chi connectivity index (χ2n) is 7.40. The predicted octanol–water partition coefficient (Wildman–Crippen LogP) is 6.94. The Balaban J connectivity index is 1.65. The number of esters is 1. The summed E-state index contributed by atoms with van der Waals surface area (Å²) in [5.41, 5.74) is 1.60. The van der Waals surface area contributed by atoms with Crippen LogP contribution in [0.25, 0.3) is 6.08 Å². The lowest BCUT2D eigenvalue weighted by molar-refractivity contribution is -0.384. The molecule has 0 unspecified atom stereocenters. The number of aliphatic imine (C=N–C) groups is 1. The molecule has 4 rings (SSSR count). The van der Waals surface area contributed by atoms with E-state index < -0.39 is 10.9 Å². The highest BCUT2D eigenvalue weighted by Crippen LogP contribution is 2.36. The first-order chi connectivity index (χ1) is 17.3. The fourth-order valence-corrected chi connectivity index (χ4v) is 4.69. The molecule has 0 saturated heterocycles. The molecule has 0 spiro atoms. The first-order valence-corrected chi connectivity index (χ1v) is 12.8. The van der Waals surface area contributed by atoms with Gasteiger partial charge in [-0.3, -0.25) is 10.1 Å². The highest BCUT2D eigenvalue weighted by atomic mass is 127. The lowest BCUT2D eigenvalue weighted by Gasteiger charge is -2.15. The molecule has 184 valence electrons. The Morgan fingerprint density at radius 3 is 2.69 bits per heavy atom. The fourth-order valence-electron chi connectivity index (χ4n) is 3.31. The molecule has 1 aliphatic rings. The lowest BCUT2D eigenvalue weighted by atomic mass is 10.1. The van der Waals surface area contributed by atoms with Gasteiger partial charge in [0.25, 0.3) is 5.69 Å². The average Bonchev–Trinajstić information content (AvgIpc) is 3.19. The zero-order valence-electron chi connectivity index (χ0n) is 18.7. The maximum absolute atomic E-state index is 12.5. The van der Waals surface area contributed by atoms with E-state index in [2.05, 4.69) is 43.5 Å². The molecule has 3 aromatic rings. The summed E-state index contributed by atoms with van der Waals surface area (Å²) in [6.45, 7) is 2.61. The minimum atomic E-state index is -0.699. The van der Waals surface area contributed by atoms with Crippen molar-refractivity contribution in [1.29, 1.82) is 0 Å². The van der Waals surface area contributed by atoms with E-state index in [0.29, 0.717) is 30.3 Å². The predicted molar refractivity (Wildman–Crippen MR) is 148 cm³/mol. The van der Waals surface area contributed by atoms with Crippen LogP contribution in [0, 0.1) is 13.7 Å². The van der Waals surface area contributed by atoms with E-state index in [0.717, 1.165) is 13.6 Å². The maximum atomic E-state index is 12.5. The smallest absolute Gasteiger partial charge is 0.363 e. The molecule has 0 aliphatic carbocycles. The highest BCUT2D eigenvalue weighted by Gasteiger charge is 2.27. The number of nitrogens with zero attached hydrogens (tertiary/aromatic N) is 2. The van der Waals surface area contributed by atoms with Gasteiger partial charge in [-0.15, -0.1) is 0 Å². The van der Waals surface area contributed by atoms with Crippen LogP contribution >= 0.6 is 50.1 Å². The van der Waals surface area contributed by atoms with Crippen molar-refractivity contribution < 1.29 is 23.9 Å². The van der Waals surface area contributed by atoms with Crippen molar-refractivity contribution in [2.24, 2.45) is 4.99 Å². The van der Waals surface area contributed by atoms with E-state index in [1.807, 2.05) is 37.3 Å². The second kappa shape index (κ2) is 11.4. The van der Waals surface area contributed by atoms with Crippen LogP contribution in [0.2, 0.25) is 5.02 Å². The zero-order valence-corrected chi connectivity index (χ0v) is 23.2. The van der Waals surface area contributed by atoms with Crippen molar-refractivity contribution in [3.63, 3.8) is 0 Å². The number of benzene rings is 3. The van der Waals surface area contributed by atoms with Crippen molar-refractivity contribution in [2.45, 2.75) is 13.5 Å². The molecule has 0 aromatic heterocycles. The van der Waals surface area contributed by atoms with Gasteiger partial charge >= 0.3 is 5.97 Å². The number of halogens is 3. The van der Waals surface area contributed by atoms with Gasteiger partial charge in [0.2, 0.25) is 5.90 Å². The Morgan fingerprint density at radius 2 is 1.97 bits per heavy atom. The number of cyclic esters (lactones) is 1. The summed E-state index contributed by atoms with van der Waals surface area (Å²) in [6, 6.07) is 15.2. The summed E-state index contributed by atoms with van der Waals surface area (Å²) in [6.07, 6.45) is 1.54. The average molecular weight is 684 g/mol. The van der Waals surface area contributed by atoms with Crippen LogP contribution in [0.5, 0.6) is 11.5 Å². The highest BCUT2D eigenvalue weighted by molar-refractivity contribution is 14.1. The van der Waals surface area contributed by atoms with E-state index in [9.17, 15) is 14.9 Å². The second-order valence-corrected chi connectivity index (χ2v) is 9.82. The summed E-state index contributed by atoms with van der Waals surface area (Å²) in [4.78, 5) is 27.3. The monoisotopic (exact) mass is 682 g/mol. The number of non-ortho nitro benzene ring substituents is 1. The number of hydrogen-bond acceptors (Lipinski definition) is 7. The van der Waals surface area contributed by atoms with Gasteiger partial charge in [0.1, 0.15) is 6.61 Å². The molecular formula is C25H17BrClIN2O6. The molecule has 0 bridgehead atoms. The molecular weight excluding hydrogens is 667 g/mol. The van der Waals surface area contributed by atoms with E-state index >= 15 is 0 Å². The van der Waals surface area contributed by atoms with Crippen molar-refractivity contribution in [1.82, 2.24) is 0 Å². The Kier molecular flexibility index (Phi) is 8.27. The van der Waals surface area contributed by atoms with Gasteiger partial charge in [-0.2, -0.15) is 0 Å². The Hall–Kier alpha value is -2.96. The molecule has 0 fully saturated rings. The van der Waals surface area contributed by atoms with Gasteiger partial charge in [0.15, 0.2) is 17.2 Å². The van der Waals surface area contributed by atoms with Gasteiger partial charge in [-0.05, 0) is 65.4 Å². The van der Waals surface area contributed by atoms with Gasteiger partial charge in [-0.1, -0.05) is 45.7 Å². The van der Waals surface area contributed by atoms with E-state index in [4.69, 9.17) is 25.8 Å². The molecule has 36 heavy (non-hydrogen) atoms. The molecule has 0 amide bonds. The van der Waals surface area contributed by atoms with Crippen LogP contribution in [0.15, 0.2) is 69.8 Å². The third-order valence-corrected chi connectivity index (χ3v) is 6.88. The molecule has 0 saturated carbocycles. The summed E-state index contributed by atoms with van der Waals surface area (Å²) < 4.78 is 18.9. The Morgan fingerprint density at radius 1 is 1.19 bits per heavy atom. The lowest BCUT2D eigenvalue weighted by Crippen LogP contribution is -2.06. The van der Waals surface area contributed by atoms with Crippen LogP contribution in [0.4, 0.5) is 5.69 Å². The molecule has 0 atom stereocenters. The van der Waals surface area contributed by atoms with Gasteiger partial charge in [0, 0.05) is 22.2 Å². The van der Waals surface area contributed by atoms with Crippen molar-refractivity contribution >= 4 is 73.8 Å². The van der Waals surface area contributed by atoms with E-state index in [1.165, 1.54) is 18.2 Å². The molecule has 1 aliphatic heterocycles. The number of ether oxygens (including phenoxy) is 3. The first kappa shape index (κ1) is 26.1. The van der Waals surface area contributed by atoms with Crippen molar-refractivity contribution in [3.8, 4) is 11.5 Å². The van der Waals surface area contributed by atoms with Crippen LogP contribution in [0.1, 0.15) is 23.6 Å². The van der Waals surface area contributed by atoms with E-state index in [-0.39, 0.29) is 27.9 Å². The number of nitro groups is 1. The Labute approximate surface area is 233 Å². The topological polar surface area (TPSA) is 100 Å². The Bertz CT molecular complexity index is 1430. The summed E-state index contributed by atoms with van der Waals surface area (Å²) in [5.74, 6) is 0.292. The standard InChI is InChI=1S/C25H17BrClIN2O6/c1-2-34-22-11-14(9-20(28)23(22)35-13-15-5-3-4-6-18(15)26)10-21-25(31)36-24(29-21)17-12-16(30(32)33)7-8-19(17)27/h3-12H,2,13H2,1H3/b21-10-. The van der Waals surface area contributed by atoms with Crippen molar-refractivity contribution in [3.05, 3.63) is 100 Å². The third-order valence-electron chi connectivity index (χ3n) is 4.98. The normalized spacial score (nSPS) is 13.9. The first-order valence-electron chi connectivity index (χ1n) is 10.6. The van der Waals surface area contributed by atoms with Crippen molar-refractivity contribution in [2.75, 3.05) is 6.61 Å². The summed E-state index contributed by atoms with van der Waals surface area (Å²) >= 11 is 11.8. The SMILES string of the molecule is CCOc1cc(/C=C2\N=C(c3cc([N+](=O)[O-])ccc3Cl)OC2=O)cc(I)c1OCc1ccccc1Br. The van der Waals surface area contributed by atoms with Gasteiger partial charge in [0.05, 0.1) is 25.7 Å². The van der Waals surface area contributed by atoms with E-state index in [1.54, 1.807) is 12.1 Å². The summed E-state index contributed by atoms with van der Waals surface area (Å²) in [5, 5.41) is 11.3. The molecule has 0 radical (unpaired) electrons. The minimum Gasteiger partial charge on any atom is -0.490 e.